The Kier molecular flexibility index (Phi) is 3.80. The maximum atomic E-state index is 11.1. The Balaban J connectivity index is 2.47. The van der Waals surface area contributed by atoms with Crippen LogP contribution in [0.2, 0.25) is 0 Å². The maximum absolute atomic E-state index is 11.1. The quantitative estimate of drug-likeness (QED) is 0.831. The molecule has 0 aliphatic heterocycles. The molecule has 0 unspecified atom stereocenters. The molecular weight excluding hydrogens is 292 g/mol. The summed E-state index contributed by atoms with van der Waals surface area (Å²) in [6, 6.07) is 1.50. The molecule has 0 radical (unpaired) electrons. The predicted molar refractivity (Wildman–Crippen MR) is 65.4 cm³/mol. The summed E-state index contributed by atoms with van der Waals surface area (Å²) in [5.41, 5.74) is 0.461. The fraction of sp³-hybridized carbons (Fsp3) is 0.0909. The number of aromatic hydroxyl groups is 1. The van der Waals surface area contributed by atoms with Gasteiger partial charge in [0.1, 0.15) is 0 Å². The van der Waals surface area contributed by atoms with Crippen LogP contribution < -0.4 is 9.47 Å². The second-order valence-corrected chi connectivity index (χ2v) is 4.28. The van der Waals surface area contributed by atoms with Crippen LogP contribution in [-0.4, -0.2) is 29.6 Å². The van der Waals surface area contributed by atoms with E-state index in [0.717, 1.165) is 7.11 Å². The molecular formula is C11H8O8S. The van der Waals surface area contributed by atoms with Crippen LogP contribution in [0.5, 0.6) is 15.9 Å². The van der Waals surface area contributed by atoms with Crippen LogP contribution in [0.4, 0.5) is 9.59 Å². The van der Waals surface area contributed by atoms with Crippen molar-refractivity contribution in [2.24, 2.45) is 0 Å². The van der Waals surface area contributed by atoms with Gasteiger partial charge in [-0.15, -0.1) is 0 Å². The molecule has 0 atom stereocenters. The first-order chi connectivity index (χ1) is 9.52. The van der Waals surface area contributed by atoms with Gasteiger partial charge in [-0.1, -0.05) is 11.3 Å². The number of rotatable bonds is 3. The van der Waals surface area contributed by atoms with Crippen LogP contribution in [0.1, 0.15) is 0 Å². The highest BCUT2D eigenvalue weighted by Crippen LogP contribution is 2.52. The zero-order valence-corrected chi connectivity index (χ0v) is 10.8. The number of hydrogen-bond acceptors (Lipinski definition) is 8. The van der Waals surface area contributed by atoms with Gasteiger partial charge in [0.15, 0.2) is 5.75 Å². The smallest absolute Gasteiger partial charge is 0.503 e. The Morgan fingerprint density at radius 2 is 2.05 bits per heavy atom. The summed E-state index contributed by atoms with van der Waals surface area (Å²) >= 11 is 0.639. The molecule has 0 saturated carbocycles. The first-order valence-corrected chi connectivity index (χ1v) is 5.89. The van der Waals surface area contributed by atoms with Gasteiger partial charge in [0, 0.05) is 5.56 Å². The number of carbonyl (C=O) groups is 2. The second-order valence-electron chi connectivity index (χ2n) is 3.34. The summed E-state index contributed by atoms with van der Waals surface area (Å²) < 4.78 is 18.5. The zero-order valence-electron chi connectivity index (χ0n) is 9.98. The maximum Gasteiger partial charge on any atom is 0.514 e. The minimum Gasteiger partial charge on any atom is -0.503 e. The summed E-state index contributed by atoms with van der Waals surface area (Å²) in [6.45, 7) is 0. The average Bonchev–Trinajstić information content (AvgIpc) is 2.98. The Morgan fingerprint density at radius 1 is 1.30 bits per heavy atom. The largest absolute Gasteiger partial charge is 0.514 e. The van der Waals surface area contributed by atoms with E-state index in [9.17, 15) is 14.7 Å². The van der Waals surface area contributed by atoms with Crippen molar-refractivity contribution >= 4 is 23.6 Å². The van der Waals surface area contributed by atoms with Gasteiger partial charge >= 0.3 is 12.3 Å². The highest BCUT2D eigenvalue weighted by Gasteiger charge is 2.26. The molecule has 20 heavy (non-hydrogen) atoms. The third kappa shape index (κ3) is 2.67. The lowest BCUT2D eigenvalue weighted by atomic mass is 10.1. The minimum atomic E-state index is -1.61. The highest BCUT2D eigenvalue weighted by molar-refractivity contribution is 7.16. The van der Waals surface area contributed by atoms with Gasteiger partial charge in [0.05, 0.1) is 25.2 Å². The lowest BCUT2D eigenvalue weighted by molar-refractivity contribution is 0.123. The molecule has 0 spiro atoms. The SMILES string of the molecule is COC(=O)Oc1sc(OC(=O)O)c(O)c1-c1ccoc1. The third-order valence-corrected chi connectivity index (χ3v) is 3.09. The summed E-state index contributed by atoms with van der Waals surface area (Å²) in [4.78, 5) is 21.7. The summed E-state index contributed by atoms with van der Waals surface area (Å²) in [5, 5.41) is 18.1. The van der Waals surface area contributed by atoms with E-state index in [-0.39, 0.29) is 15.7 Å². The van der Waals surface area contributed by atoms with Crippen molar-refractivity contribution < 1.29 is 38.4 Å². The minimum absolute atomic E-state index is 0.0744. The van der Waals surface area contributed by atoms with Crippen molar-refractivity contribution in [2.75, 3.05) is 7.11 Å². The van der Waals surface area contributed by atoms with Gasteiger partial charge in [0.2, 0.25) is 10.1 Å². The van der Waals surface area contributed by atoms with Gasteiger partial charge in [0.25, 0.3) is 0 Å². The lowest BCUT2D eigenvalue weighted by Crippen LogP contribution is -2.06. The number of carbonyl (C=O) groups excluding carboxylic acids is 1. The molecule has 0 bridgehead atoms. The van der Waals surface area contributed by atoms with Crippen LogP contribution in [0, 0.1) is 0 Å². The van der Waals surface area contributed by atoms with Crippen molar-refractivity contribution in [1.82, 2.24) is 0 Å². The number of methoxy groups -OCH3 is 1. The van der Waals surface area contributed by atoms with Gasteiger partial charge in [-0.05, 0) is 6.07 Å². The number of hydrogen-bond donors (Lipinski definition) is 2. The van der Waals surface area contributed by atoms with Crippen molar-refractivity contribution in [2.45, 2.75) is 0 Å². The zero-order chi connectivity index (χ0) is 14.7. The third-order valence-electron chi connectivity index (χ3n) is 2.15. The number of ether oxygens (including phenoxy) is 3. The summed E-state index contributed by atoms with van der Waals surface area (Å²) in [5.74, 6) is -0.474. The fourth-order valence-electron chi connectivity index (χ4n) is 1.38. The molecule has 0 aliphatic rings. The molecule has 0 aromatic carbocycles. The van der Waals surface area contributed by atoms with Crippen molar-refractivity contribution in [3.8, 4) is 27.0 Å². The first kappa shape index (κ1) is 13.7. The number of thiophene rings is 1. The van der Waals surface area contributed by atoms with Gasteiger partial charge in [-0.2, -0.15) is 0 Å². The molecule has 2 rings (SSSR count). The highest BCUT2D eigenvalue weighted by atomic mass is 32.1. The van der Waals surface area contributed by atoms with Crippen molar-refractivity contribution in [3.63, 3.8) is 0 Å². The molecule has 2 aromatic rings. The molecule has 0 amide bonds. The van der Waals surface area contributed by atoms with Crippen LogP contribution in [0.25, 0.3) is 11.1 Å². The first-order valence-electron chi connectivity index (χ1n) is 5.07. The lowest BCUT2D eigenvalue weighted by Gasteiger charge is -2.01. The molecule has 9 heteroatoms. The van der Waals surface area contributed by atoms with Crippen LogP contribution in [0.3, 0.4) is 0 Å². The molecule has 2 heterocycles. The van der Waals surface area contributed by atoms with Gasteiger partial charge < -0.3 is 28.8 Å². The number of carboxylic acid groups (broad SMARTS) is 1. The van der Waals surface area contributed by atoms with E-state index < -0.39 is 18.1 Å². The molecule has 8 nitrogen and oxygen atoms in total. The van der Waals surface area contributed by atoms with E-state index >= 15 is 0 Å². The number of furan rings is 1. The second kappa shape index (κ2) is 5.53. The predicted octanol–water partition coefficient (Wildman–Crippen LogP) is 2.92. The Bertz CT molecular complexity index is 627. The molecule has 2 aromatic heterocycles. The normalized spacial score (nSPS) is 10.1. The van der Waals surface area contributed by atoms with E-state index in [2.05, 4.69) is 9.47 Å². The van der Waals surface area contributed by atoms with E-state index in [1.807, 2.05) is 0 Å². The average molecular weight is 300 g/mol. The molecule has 2 N–H and O–H groups in total. The molecule has 106 valence electrons. The fourth-order valence-corrected chi connectivity index (χ4v) is 2.29. The van der Waals surface area contributed by atoms with E-state index in [1.165, 1.54) is 18.6 Å². The monoisotopic (exact) mass is 300 g/mol. The van der Waals surface area contributed by atoms with Crippen molar-refractivity contribution in [3.05, 3.63) is 18.6 Å². The van der Waals surface area contributed by atoms with E-state index in [0.29, 0.717) is 16.9 Å². The van der Waals surface area contributed by atoms with Crippen LogP contribution in [0.15, 0.2) is 23.0 Å². The Hall–Kier alpha value is -2.68. The molecule has 0 fully saturated rings. The Labute approximate surface area is 115 Å². The van der Waals surface area contributed by atoms with Gasteiger partial charge in [-0.3, -0.25) is 0 Å². The van der Waals surface area contributed by atoms with Crippen molar-refractivity contribution in [1.29, 1.82) is 0 Å². The standard InChI is InChI=1S/C11H8O8S/c1-16-11(15)19-8-6(5-2-3-17-4-5)7(12)9(20-8)18-10(13)14/h2-4,12H,1H3,(H,13,14). The van der Waals surface area contributed by atoms with E-state index in [4.69, 9.17) is 14.3 Å². The Morgan fingerprint density at radius 3 is 2.60 bits per heavy atom. The summed E-state index contributed by atoms with van der Waals surface area (Å²) in [7, 11) is 1.11. The molecule has 0 aliphatic carbocycles. The van der Waals surface area contributed by atoms with Crippen LogP contribution >= 0.6 is 11.3 Å². The summed E-state index contributed by atoms with van der Waals surface area (Å²) in [6.07, 6.45) is 0.00510. The van der Waals surface area contributed by atoms with E-state index in [1.54, 1.807) is 0 Å². The van der Waals surface area contributed by atoms with Crippen LogP contribution in [-0.2, 0) is 4.74 Å². The van der Waals surface area contributed by atoms with Gasteiger partial charge in [-0.25, -0.2) is 9.59 Å². The molecule has 0 saturated heterocycles. The topological polar surface area (TPSA) is 115 Å².